The Labute approximate surface area is 161 Å². The second kappa shape index (κ2) is 8.13. The van der Waals surface area contributed by atoms with Crippen LogP contribution in [0.2, 0.25) is 0 Å². The van der Waals surface area contributed by atoms with Crippen molar-refractivity contribution < 1.29 is 13.2 Å². The van der Waals surface area contributed by atoms with Gasteiger partial charge < -0.3 is 5.32 Å². The van der Waals surface area contributed by atoms with Crippen LogP contribution < -0.4 is 9.62 Å². The van der Waals surface area contributed by atoms with Gasteiger partial charge in [-0.1, -0.05) is 35.9 Å². The SMILES string of the molecule is Cc1ccc(CCCC(=O)Nc2cc(N3CCCS3(=O)=O)ccc2C)cc1. The number of hydrogen-bond acceptors (Lipinski definition) is 3. The summed E-state index contributed by atoms with van der Waals surface area (Å²) in [5.74, 6) is 0.133. The number of benzene rings is 2. The molecule has 2 aromatic rings. The maximum Gasteiger partial charge on any atom is 0.235 e. The van der Waals surface area contributed by atoms with Crippen molar-refractivity contribution in [1.82, 2.24) is 0 Å². The van der Waals surface area contributed by atoms with Crippen LogP contribution >= 0.6 is 0 Å². The monoisotopic (exact) mass is 386 g/mol. The molecule has 1 fully saturated rings. The molecule has 6 heteroatoms. The summed E-state index contributed by atoms with van der Waals surface area (Å²) in [6, 6.07) is 13.8. The van der Waals surface area contributed by atoms with Crippen LogP contribution in [0.3, 0.4) is 0 Å². The van der Waals surface area contributed by atoms with E-state index in [1.54, 1.807) is 12.1 Å². The Bertz CT molecular complexity index is 921. The van der Waals surface area contributed by atoms with Crippen LogP contribution in [0.5, 0.6) is 0 Å². The number of carbonyl (C=O) groups excluding carboxylic acids is 1. The molecular weight excluding hydrogens is 360 g/mol. The molecule has 0 aliphatic carbocycles. The van der Waals surface area contributed by atoms with E-state index in [0.29, 0.717) is 30.8 Å². The number of rotatable bonds is 6. The van der Waals surface area contributed by atoms with Gasteiger partial charge in [-0.25, -0.2) is 8.42 Å². The first-order valence-corrected chi connectivity index (χ1v) is 10.9. The molecule has 144 valence electrons. The van der Waals surface area contributed by atoms with Gasteiger partial charge >= 0.3 is 0 Å². The lowest BCUT2D eigenvalue weighted by Crippen LogP contribution is -2.25. The number of nitrogens with one attached hydrogen (secondary N) is 1. The molecule has 1 saturated heterocycles. The van der Waals surface area contributed by atoms with E-state index in [1.165, 1.54) is 15.4 Å². The number of hydrogen-bond donors (Lipinski definition) is 1. The molecule has 0 spiro atoms. The maximum atomic E-state index is 12.3. The zero-order chi connectivity index (χ0) is 19.4. The van der Waals surface area contributed by atoms with Crippen LogP contribution in [0.15, 0.2) is 42.5 Å². The van der Waals surface area contributed by atoms with Gasteiger partial charge in [0.25, 0.3) is 0 Å². The molecule has 1 amide bonds. The highest BCUT2D eigenvalue weighted by Crippen LogP contribution is 2.28. The third-order valence-electron chi connectivity index (χ3n) is 4.87. The molecule has 1 aliphatic rings. The van der Waals surface area contributed by atoms with Crippen molar-refractivity contribution in [1.29, 1.82) is 0 Å². The van der Waals surface area contributed by atoms with Gasteiger partial charge in [0.05, 0.1) is 11.4 Å². The van der Waals surface area contributed by atoms with Gasteiger partial charge in [0.1, 0.15) is 0 Å². The topological polar surface area (TPSA) is 66.5 Å². The lowest BCUT2D eigenvalue weighted by atomic mass is 10.1. The molecule has 1 heterocycles. The zero-order valence-electron chi connectivity index (χ0n) is 15.9. The molecule has 1 N–H and O–H groups in total. The number of amides is 1. The van der Waals surface area contributed by atoms with Gasteiger partial charge in [-0.05, 0) is 56.4 Å². The van der Waals surface area contributed by atoms with E-state index in [0.717, 1.165) is 18.4 Å². The van der Waals surface area contributed by atoms with Gasteiger partial charge in [-0.2, -0.15) is 0 Å². The largest absolute Gasteiger partial charge is 0.326 e. The lowest BCUT2D eigenvalue weighted by Gasteiger charge is -2.19. The van der Waals surface area contributed by atoms with E-state index in [1.807, 2.05) is 13.0 Å². The number of nitrogens with zero attached hydrogens (tertiary/aromatic N) is 1. The minimum atomic E-state index is -3.23. The van der Waals surface area contributed by atoms with Crippen molar-refractivity contribution in [2.75, 3.05) is 21.9 Å². The van der Waals surface area contributed by atoms with Crippen LogP contribution in [0.25, 0.3) is 0 Å². The highest BCUT2D eigenvalue weighted by atomic mass is 32.2. The summed E-state index contributed by atoms with van der Waals surface area (Å²) in [5, 5.41) is 2.94. The Morgan fingerprint density at radius 2 is 1.85 bits per heavy atom. The second-order valence-corrected chi connectivity index (χ2v) is 9.14. The molecule has 0 radical (unpaired) electrons. The first-order chi connectivity index (χ1) is 12.8. The van der Waals surface area contributed by atoms with Crippen LogP contribution in [0, 0.1) is 13.8 Å². The van der Waals surface area contributed by atoms with Crippen molar-refractivity contribution in [2.45, 2.75) is 39.5 Å². The minimum Gasteiger partial charge on any atom is -0.326 e. The van der Waals surface area contributed by atoms with Gasteiger partial charge in [-0.15, -0.1) is 0 Å². The number of aryl methyl sites for hydroxylation is 3. The zero-order valence-corrected chi connectivity index (χ0v) is 16.7. The Morgan fingerprint density at radius 3 is 2.52 bits per heavy atom. The quantitative estimate of drug-likeness (QED) is 0.821. The predicted octanol–water partition coefficient (Wildman–Crippen LogP) is 3.80. The second-order valence-electron chi connectivity index (χ2n) is 7.13. The molecule has 0 unspecified atom stereocenters. The number of carbonyl (C=O) groups is 1. The highest BCUT2D eigenvalue weighted by Gasteiger charge is 2.28. The predicted molar refractivity (Wildman–Crippen MR) is 110 cm³/mol. The summed E-state index contributed by atoms with van der Waals surface area (Å²) in [6.07, 6.45) is 2.70. The Balaban J connectivity index is 1.60. The van der Waals surface area contributed by atoms with Crippen LogP contribution in [-0.2, 0) is 21.2 Å². The lowest BCUT2D eigenvalue weighted by molar-refractivity contribution is -0.116. The molecule has 5 nitrogen and oxygen atoms in total. The third kappa shape index (κ3) is 4.89. The van der Waals surface area contributed by atoms with E-state index < -0.39 is 10.0 Å². The Hall–Kier alpha value is -2.34. The molecule has 1 aliphatic heterocycles. The summed E-state index contributed by atoms with van der Waals surface area (Å²) in [5.41, 5.74) is 4.67. The van der Waals surface area contributed by atoms with Crippen molar-refractivity contribution in [3.8, 4) is 0 Å². The first-order valence-electron chi connectivity index (χ1n) is 9.32. The van der Waals surface area contributed by atoms with E-state index in [9.17, 15) is 13.2 Å². The standard InChI is InChI=1S/C21H26N2O3S/c1-16-7-10-18(11-8-16)5-3-6-21(24)22-20-15-19(12-9-17(20)2)23-13-4-14-27(23,25)26/h7-12,15H,3-6,13-14H2,1-2H3,(H,22,24). The van der Waals surface area contributed by atoms with E-state index in [4.69, 9.17) is 0 Å². The molecule has 2 aromatic carbocycles. The smallest absolute Gasteiger partial charge is 0.235 e. The summed E-state index contributed by atoms with van der Waals surface area (Å²) < 4.78 is 25.7. The van der Waals surface area contributed by atoms with E-state index in [2.05, 4.69) is 36.5 Å². The molecule has 0 aromatic heterocycles. The minimum absolute atomic E-state index is 0.0494. The number of sulfonamides is 1. The number of anilines is 2. The Morgan fingerprint density at radius 1 is 1.11 bits per heavy atom. The molecule has 0 atom stereocenters. The fourth-order valence-electron chi connectivity index (χ4n) is 3.25. The summed E-state index contributed by atoms with van der Waals surface area (Å²) in [4.78, 5) is 12.3. The molecule has 27 heavy (non-hydrogen) atoms. The van der Waals surface area contributed by atoms with Crippen molar-refractivity contribution in [2.24, 2.45) is 0 Å². The fourth-order valence-corrected chi connectivity index (χ4v) is 4.81. The first kappa shape index (κ1) is 19.4. The highest BCUT2D eigenvalue weighted by molar-refractivity contribution is 7.93. The van der Waals surface area contributed by atoms with Gasteiger partial charge in [0.15, 0.2) is 0 Å². The molecule has 0 saturated carbocycles. The van der Waals surface area contributed by atoms with Crippen molar-refractivity contribution in [3.63, 3.8) is 0 Å². The average molecular weight is 387 g/mol. The van der Waals surface area contributed by atoms with E-state index >= 15 is 0 Å². The van der Waals surface area contributed by atoms with Gasteiger partial charge in [0.2, 0.25) is 15.9 Å². The fraction of sp³-hybridized carbons (Fsp3) is 0.381. The van der Waals surface area contributed by atoms with Crippen LogP contribution in [0.4, 0.5) is 11.4 Å². The van der Waals surface area contributed by atoms with E-state index in [-0.39, 0.29) is 11.7 Å². The van der Waals surface area contributed by atoms with Crippen molar-refractivity contribution in [3.05, 3.63) is 59.2 Å². The van der Waals surface area contributed by atoms with Crippen LogP contribution in [-0.4, -0.2) is 26.6 Å². The molecular formula is C21H26N2O3S. The van der Waals surface area contributed by atoms with Crippen molar-refractivity contribution >= 4 is 27.3 Å². The third-order valence-corrected chi connectivity index (χ3v) is 6.74. The summed E-state index contributed by atoms with van der Waals surface area (Å²) in [7, 11) is -3.23. The Kier molecular flexibility index (Phi) is 5.85. The maximum absolute atomic E-state index is 12.3. The summed E-state index contributed by atoms with van der Waals surface area (Å²) >= 11 is 0. The van der Waals surface area contributed by atoms with Crippen LogP contribution in [0.1, 0.15) is 36.0 Å². The average Bonchev–Trinajstić information content (AvgIpc) is 2.98. The van der Waals surface area contributed by atoms with Gasteiger partial charge in [-0.3, -0.25) is 9.10 Å². The summed E-state index contributed by atoms with van der Waals surface area (Å²) in [6.45, 7) is 4.46. The normalized spacial score (nSPS) is 15.7. The molecule has 3 rings (SSSR count). The van der Waals surface area contributed by atoms with Gasteiger partial charge in [0, 0.05) is 18.7 Å². The molecule has 0 bridgehead atoms.